The number of hydrogen-bond donors (Lipinski definition) is 2. The molecule has 1 aliphatic rings. The molecular formula is C15H19NO5. The van der Waals surface area contributed by atoms with Crippen molar-refractivity contribution in [2.75, 3.05) is 13.2 Å². The molecule has 0 radical (unpaired) electrons. The predicted octanol–water partition coefficient (Wildman–Crippen LogP) is 1.79. The number of alkyl carbamates (subject to hydrolysis) is 1. The minimum atomic E-state index is -0.922. The van der Waals surface area contributed by atoms with Gasteiger partial charge in [0, 0.05) is 19.3 Å². The molecule has 1 fully saturated rings. The van der Waals surface area contributed by atoms with Gasteiger partial charge < -0.3 is 19.9 Å². The van der Waals surface area contributed by atoms with E-state index in [0.717, 1.165) is 5.56 Å². The van der Waals surface area contributed by atoms with Gasteiger partial charge in [0.1, 0.15) is 6.61 Å². The normalized spacial score (nSPS) is 22.1. The molecule has 1 aromatic carbocycles. The highest BCUT2D eigenvalue weighted by molar-refractivity contribution is 5.73. The fraction of sp³-hybridized carbons (Fsp3) is 0.467. The standard InChI is InChI=1S/C15H19NO5/c17-14(18)12-6-8-20-9-7-13(12)16-15(19)21-10-11-4-2-1-3-5-11/h1-5,12-13H,6-10H2,(H,16,19)(H,17,18)/t12-,13-/m1/s1. The fourth-order valence-electron chi connectivity index (χ4n) is 2.31. The van der Waals surface area contributed by atoms with Crippen LogP contribution in [0, 0.1) is 5.92 Å². The van der Waals surface area contributed by atoms with E-state index in [1.54, 1.807) is 0 Å². The third-order valence-corrected chi connectivity index (χ3v) is 3.47. The summed E-state index contributed by atoms with van der Waals surface area (Å²) in [4.78, 5) is 23.0. The number of benzene rings is 1. The molecule has 1 amide bonds. The van der Waals surface area contributed by atoms with Crippen LogP contribution in [0.4, 0.5) is 4.79 Å². The first-order valence-corrected chi connectivity index (χ1v) is 6.94. The Bertz CT molecular complexity index is 476. The first kappa shape index (κ1) is 15.3. The van der Waals surface area contributed by atoms with Crippen LogP contribution < -0.4 is 5.32 Å². The molecule has 21 heavy (non-hydrogen) atoms. The monoisotopic (exact) mass is 293 g/mol. The number of nitrogens with one attached hydrogen (secondary N) is 1. The molecule has 0 aromatic heterocycles. The van der Waals surface area contributed by atoms with E-state index in [1.165, 1.54) is 0 Å². The van der Waals surface area contributed by atoms with Gasteiger partial charge in [0.25, 0.3) is 0 Å². The van der Waals surface area contributed by atoms with Crippen LogP contribution in [0.2, 0.25) is 0 Å². The summed E-state index contributed by atoms with van der Waals surface area (Å²) < 4.78 is 10.4. The maximum Gasteiger partial charge on any atom is 0.407 e. The third kappa shape index (κ3) is 4.75. The van der Waals surface area contributed by atoms with E-state index < -0.39 is 24.0 Å². The van der Waals surface area contributed by atoms with Crippen molar-refractivity contribution in [2.24, 2.45) is 5.92 Å². The summed E-state index contributed by atoms with van der Waals surface area (Å²) in [6.45, 7) is 0.995. The highest BCUT2D eigenvalue weighted by Gasteiger charge is 2.31. The van der Waals surface area contributed by atoms with Gasteiger partial charge in [-0.2, -0.15) is 0 Å². The number of aliphatic carboxylic acids is 1. The van der Waals surface area contributed by atoms with E-state index in [2.05, 4.69) is 5.32 Å². The van der Waals surface area contributed by atoms with Gasteiger partial charge in [-0.3, -0.25) is 4.79 Å². The lowest BCUT2D eigenvalue weighted by Crippen LogP contribution is -2.43. The molecule has 2 atom stereocenters. The van der Waals surface area contributed by atoms with Crippen molar-refractivity contribution in [1.82, 2.24) is 5.32 Å². The Kier molecular flexibility index (Phi) is 5.57. The van der Waals surface area contributed by atoms with E-state index in [1.807, 2.05) is 30.3 Å². The Balaban J connectivity index is 1.86. The summed E-state index contributed by atoms with van der Waals surface area (Å²) in [6.07, 6.45) is 0.258. The van der Waals surface area contributed by atoms with Crippen LogP contribution in [0.3, 0.4) is 0 Å². The minimum absolute atomic E-state index is 0.160. The van der Waals surface area contributed by atoms with E-state index in [9.17, 15) is 14.7 Å². The van der Waals surface area contributed by atoms with Gasteiger partial charge in [-0.1, -0.05) is 30.3 Å². The van der Waals surface area contributed by atoms with Gasteiger partial charge in [-0.25, -0.2) is 4.79 Å². The minimum Gasteiger partial charge on any atom is -0.481 e. The summed E-state index contributed by atoms with van der Waals surface area (Å²) >= 11 is 0. The van der Waals surface area contributed by atoms with Gasteiger partial charge in [-0.15, -0.1) is 0 Å². The number of rotatable bonds is 4. The molecule has 1 aliphatic heterocycles. The second-order valence-corrected chi connectivity index (χ2v) is 4.95. The lowest BCUT2D eigenvalue weighted by molar-refractivity contribution is -0.142. The average molecular weight is 293 g/mol. The first-order valence-electron chi connectivity index (χ1n) is 6.94. The topological polar surface area (TPSA) is 84.9 Å². The Morgan fingerprint density at radius 2 is 1.95 bits per heavy atom. The maximum atomic E-state index is 11.8. The lowest BCUT2D eigenvalue weighted by Gasteiger charge is -2.21. The largest absolute Gasteiger partial charge is 0.481 e. The number of hydrogen-bond acceptors (Lipinski definition) is 4. The zero-order chi connectivity index (χ0) is 15.1. The van der Waals surface area contributed by atoms with E-state index in [0.29, 0.717) is 26.1 Å². The summed E-state index contributed by atoms with van der Waals surface area (Å²) in [7, 11) is 0. The second kappa shape index (κ2) is 7.64. The molecule has 1 saturated heterocycles. The molecule has 114 valence electrons. The van der Waals surface area contributed by atoms with Crippen LogP contribution in [0.25, 0.3) is 0 Å². The highest BCUT2D eigenvalue weighted by Crippen LogP contribution is 2.17. The zero-order valence-electron chi connectivity index (χ0n) is 11.7. The number of carbonyl (C=O) groups is 2. The molecule has 0 spiro atoms. The summed E-state index contributed by atoms with van der Waals surface area (Å²) in [5.74, 6) is -1.56. The van der Waals surface area contributed by atoms with Crippen molar-refractivity contribution in [2.45, 2.75) is 25.5 Å². The summed E-state index contributed by atoms with van der Waals surface area (Å²) in [6, 6.07) is 8.85. The molecular weight excluding hydrogens is 274 g/mol. The Morgan fingerprint density at radius 3 is 2.67 bits per heavy atom. The molecule has 0 bridgehead atoms. The average Bonchev–Trinajstić information content (AvgIpc) is 2.72. The highest BCUT2D eigenvalue weighted by atomic mass is 16.5. The number of carboxylic acids is 1. The van der Waals surface area contributed by atoms with Crippen LogP contribution >= 0.6 is 0 Å². The number of carboxylic acid groups (broad SMARTS) is 1. The van der Waals surface area contributed by atoms with Crippen molar-refractivity contribution in [3.8, 4) is 0 Å². The number of carbonyl (C=O) groups excluding carboxylic acids is 1. The van der Waals surface area contributed by atoms with E-state index in [-0.39, 0.29) is 6.61 Å². The molecule has 2 rings (SSSR count). The molecule has 0 saturated carbocycles. The SMILES string of the molecule is O=C(N[C@@H]1CCOCC[C@H]1C(=O)O)OCc1ccccc1. The Labute approximate surface area is 123 Å². The maximum absolute atomic E-state index is 11.8. The van der Waals surface area contributed by atoms with Gasteiger partial charge >= 0.3 is 12.1 Å². The van der Waals surface area contributed by atoms with Crippen LogP contribution in [-0.4, -0.2) is 36.4 Å². The first-order chi connectivity index (χ1) is 10.2. The smallest absolute Gasteiger partial charge is 0.407 e. The van der Waals surface area contributed by atoms with Crippen molar-refractivity contribution >= 4 is 12.1 Å². The molecule has 1 heterocycles. The lowest BCUT2D eigenvalue weighted by atomic mass is 9.95. The van der Waals surface area contributed by atoms with Gasteiger partial charge in [-0.05, 0) is 18.4 Å². The number of amides is 1. The third-order valence-electron chi connectivity index (χ3n) is 3.47. The van der Waals surface area contributed by atoms with Crippen LogP contribution in [0.15, 0.2) is 30.3 Å². The number of ether oxygens (including phenoxy) is 2. The molecule has 0 unspecified atom stereocenters. The fourth-order valence-corrected chi connectivity index (χ4v) is 2.31. The molecule has 6 heteroatoms. The van der Waals surface area contributed by atoms with Crippen LogP contribution in [0.1, 0.15) is 18.4 Å². The van der Waals surface area contributed by atoms with Crippen LogP contribution in [0.5, 0.6) is 0 Å². The summed E-state index contributed by atoms with van der Waals surface area (Å²) in [5.41, 5.74) is 0.881. The van der Waals surface area contributed by atoms with Crippen LogP contribution in [-0.2, 0) is 20.9 Å². The predicted molar refractivity (Wildman–Crippen MR) is 74.7 cm³/mol. The van der Waals surface area contributed by atoms with Crippen molar-refractivity contribution < 1.29 is 24.2 Å². The van der Waals surface area contributed by atoms with Gasteiger partial charge in [0.15, 0.2) is 0 Å². The van der Waals surface area contributed by atoms with E-state index in [4.69, 9.17) is 9.47 Å². The Hall–Kier alpha value is -2.08. The summed E-state index contributed by atoms with van der Waals surface area (Å²) in [5, 5.41) is 11.8. The quantitative estimate of drug-likeness (QED) is 0.884. The van der Waals surface area contributed by atoms with E-state index >= 15 is 0 Å². The molecule has 0 aliphatic carbocycles. The van der Waals surface area contributed by atoms with Gasteiger partial charge in [0.2, 0.25) is 0 Å². The van der Waals surface area contributed by atoms with Gasteiger partial charge in [0.05, 0.1) is 5.92 Å². The molecule has 1 aromatic rings. The van der Waals surface area contributed by atoms with Crippen molar-refractivity contribution in [3.05, 3.63) is 35.9 Å². The van der Waals surface area contributed by atoms with Crippen molar-refractivity contribution in [3.63, 3.8) is 0 Å². The molecule has 6 nitrogen and oxygen atoms in total. The Morgan fingerprint density at radius 1 is 1.24 bits per heavy atom. The zero-order valence-corrected chi connectivity index (χ0v) is 11.7. The molecule has 2 N–H and O–H groups in total. The van der Waals surface area contributed by atoms with Crippen molar-refractivity contribution in [1.29, 1.82) is 0 Å². The second-order valence-electron chi connectivity index (χ2n) is 4.95.